The van der Waals surface area contributed by atoms with Crippen LogP contribution in [0.4, 0.5) is 5.69 Å². The Morgan fingerprint density at radius 3 is 2.54 bits per heavy atom. The molecule has 2 heterocycles. The molecule has 5 rings (SSSR count). The molecule has 4 aromatic rings. The third-order valence-electron chi connectivity index (χ3n) is 8.19. The molecule has 0 saturated carbocycles. The van der Waals surface area contributed by atoms with Gasteiger partial charge in [0, 0.05) is 35.9 Å². The second-order valence-electron chi connectivity index (χ2n) is 11.6. The van der Waals surface area contributed by atoms with Gasteiger partial charge in [-0.15, -0.1) is 0 Å². The number of ether oxygens (including phenoxy) is 2. The highest BCUT2D eigenvalue weighted by Crippen LogP contribution is 2.40. The summed E-state index contributed by atoms with van der Waals surface area (Å²) in [5, 5.41) is 24.8. The van der Waals surface area contributed by atoms with Gasteiger partial charge in [0.2, 0.25) is 5.91 Å². The number of amides is 2. The Kier molecular flexibility index (Phi) is 10.7. The van der Waals surface area contributed by atoms with Gasteiger partial charge in [-0.3, -0.25) is 19.1 Å². The molecule has 12 nitrogen and oxygen atoms in total. The number of carbonyl (C=O) groups is 4. The first kappa shape index (κ1) is 33.7. The van der Waals surface area contributed by atoms with Crippen LogP contribution in [-0.2, 0) is 20.9 Å². The Labute approximate surface area is 277 Å². The molecule has 0 saturated heterocycles. The Morgan fingerprint density at radius 2 is 1.79 bits per heavy atom. The largest absolute Gasteiger partial charge is 0.493 e. The number of benzene rings is 3. The summed E-state index contributed by atoms with van der Waals surface area (Å²) in [6.07, 6.45) is 4.51. The number of carbonyl (C=O) groups excluding carboxylic acids is 2. The van der Waals surface area contributed by atoms with E-state index in [1.54, 1.807) is 40.0 Å². The molecule has 1 aliphatic rings. The van der Waals surface area contributed by atoms with E-state index in [9.17, 15) is 24.3 Å². The Balaban J connectivity index is 1.23. The molecule has 2 amide bonds. The number of rotatable bonds is 13. The molecule has 0 fully saturated rings. The van der Waals surface area contributed by atoms with Crippen molar-refractivity contribution in [3.05, 3.63) is 95.3 Å². The number of hydrogen-bond acceptors (Lipinski definition) is 7. The summed E-state index contributed by atoms with van der Waals surface area (Å²) in [6.45, 7) is 5.94. The number of aromatic nitrogens is 2. The SMILES string of the molecule is Cc1cccc(OCCCC(=O)N2CCCOc3c(-c4cnn(Cc5ccc(C(=O)NC(CC(=O)O)C(=O)O)cc5)c4)cccc32)c1C. The van der Waals surface area contributed by atoms with E-state index in [0.29, 0.717) is 51.3 Å². The van der Waals surface area contributed by atoms with Gasteiger partial charge in [0.25, 0.3) is 5.91 Å². The van der Waals surface area contributed by atoms with Crippen molar-refractivity contribution in [1.82, 2.24) is 15.1 Å². The van der Waals surface area contributed by atoms with E-state index < -0.39 is 30.3 Å². The number of hydrogen-bond donors (Lipinski definition) is 3. The molecule has 3 aromatic carbocycles. The van der Waals surface area contributed by atoms with Crippen molar-refractivity contribution in [3.8, 4) is 22.6 Å². The van der Waals surface area contributed by atoms with Gasteiger partial charge in [0.1, 0.15) is 11.8 Å². The van der Waals surface area contributed by atoms with Crippen molar-refractivity contribution < 1.29 is 38.9 Å². The second kappa shape index (κ2) is 15.3. The molecule has 0 aliphatic carbocycles. The topological polar surface area (TPSA) is 160 Å². The fraction of sp³-hybridized carbons (Fsp3) is 0.306. The van der Waals surface area contributed by atoms with Crippen LogP contribution in [0.2, 0.25) is 0 Å². The number of fused-ring (bicyclic) bond motifs is 1. The van der Waals surface area contributed by atoms with Crippen LogP contribution < -0.4 is 19.7 Å². The van der Waals surface area contributed by atoms with Gasteiger partial charge in [0.05, 0.1) is 38.1 Å². The highest BCUT2D eigenvalue weighted by Gasteiger charge is 2.26. The molecule has 3 N–H and O–H groups in total. The third kappa shape index (κ3) is 8.19. The maximum absolute atomic E-state index is 13.4. The van der Waals surface area contributed by atoms with E-state index in [-0.39, 0.29) is 11.5 Å². The lowest BCUT2D eigenvalue weighted by molar-refractivity contribution is -0.145. The summed E-state index contributed by atoms with van der Waals surface area (Å²) in [6, 6.07) is 16.7. The molecule has 1 aliphatic heterocycles. The second-order valence-corrected chi connectivity index (χ2v) is 11.6. The highest BCUT2D eigenvalue weighted by molar-refractivity contribution is 5.98. The molecule has 1 aromatic heterocycles. The molecule has 1 atom stereocenters. The van der Waals surface area contributed by atoms with Crippen LogP contribution in [0.5, 0.6) is 11.5 Å². The van der Waals surface area contributed by atoms with Crippen molar-refractivity contribution in [1.29, 1.82) is 0 Å². The zero-order valence-electron chi connectivity index (χ0n) is 26.8. The number of aryl methyl sites for hydroxylation is 1. The van der Waals surface area contributed by atoms with Crippen molar-refractivity contribution in [2.24, 2.45) is 0 Å². The number of nitrogens with one attached hydrogen (secondary N) is 1. The van der Waals surface area contributed by atoms with Crippen LogP contribution in [0.25, 0.3) is 11.1 Å². The number of carboxylic acid groups (broad SMARTS) is 2. The Hall–Kier alpha value is -5.65. The predicted molar refractivity (Wildman–Crippen MR) is 177 cm³/mol. The van der Waals surface area contributed by atoms with Crippen LogP contribution in [0.15, 0.2) is 73.1 Å². The summed E-state index contributed by atoms with van der Waals surface area (Å²) < 4.78 is 13.9. The molecule has 250 valence electrons. The minimum absolute atomic E-state index is 0.0108. The maximum atomic E-state index is 13.4. The van der Waals surface area contributed by atoms with Crippen LogP contribution in [0, 0.1) is 13.8 Å². The number of para-hydroxylation sites is 1. The van der Waals surface area contributed by atoms with Crippen molar-refractivity contribution in [3.63, 3.8) is 0 Å². The molecule has 0 bridgehead atoms. The van der Waals surface area contributed by atoms with Gasteiger partial charge in [-0.05, 0) is 67.6 Å². The number of carboxylic acids is 2. The smallest absolute Gasteiger partial charge is 0.326 e. The average molecular weight is 655 g/mol. The normalized spacial score (nSPS) is 13.1. The summed E-state index contributed by atoms with van der Waals surface area (Å²) in [4.78, 5) is 49.9. The molecule has 0 spiro atoms. The first-order chi connectivity index (χ1) is 23.1. The lowest BCUT2D eigenvalue weighted by Crippen LogP contribution is -2.42. The van der Waals surface area contributed by atoms with E-state index >= 15 is 0 Å². The van der Waals surface area contributed by atoms with Crippen LogP contribution in [-0.4, -0.2) is 69.5 Å². The number of anilines is 1. The molecular formula is C36H38N4O8. The predicted octanol–water partition coefficient (Wildman–Crippen LogP) is 4.85. The zero-order valence-corrected chi connectivity index (χ0v) is 26.8. The van der Waals surface area contributed by atoms with Crippen molar-refractivity contribution >= 4 is 29.4 Å². The van der Waals surface area contributed by atoms with E-state index in [1.807, 2.05) is 56.4 Å². The van der Waals surface area contributed by atoms with Gasteiger partial charge in [-0.2, -0.15) is 5.10 Å². The van der Waals surface area contributed by atoms with E-state index in [0.717, 1.165) is 39.3 Å². The van der Waals surface area contributed by atoms with Crippen LogP contribution >= 0.6 is 0 Å². The summed E-state index contributed by atoms with van der Waals surface area (Å²) in [7, 11) is 0. The first-order valence-electron chi connectivity index (χ1n) is 15.7. The lowest BCUT2D eigenvalue weighted by atomic mass is 10.1. The number of nitrogens with zero attached hydrogens (tertiary/aromatic N) is 3. The fourth-order valence-corrected chi connectivity index (χ4v) is 5.47. The third-order valence-corrected chi connectivity index (χ3v) is 8.19. The van der Waals surface area contributed by atoms with Gasteiger partial charge in [-0.25, -0.2) is 4.79 Å². The molecule has 12 heteroatoms. The minimum Gasteiger partial charge on any atom is -0.493 e. The van der Waals surface area contributed by atoms with Crippen LogP contribution in [0.3, 0.4) is 0 Å². The van der Waals surface area contributed by atoms with Gasteiger partial charge < -0.3 is 29.9 Å². The van der Waals surface area contributed by atoms with Gasteiger partial charge in [0.15, 0.2) is 5.75 Å². The lowest BCUT2D eigenvalue weighted by Gasteiger charge is -2.23. The fourth-order valence-electron chi connectivity index (χ4n) is 5.47. The minimum atomic E-state index is -1.53. The molecule has 48 heavy (non-hydrogen) atoms. The van der Waals surface area contributed by atoms with Crippen molar-refractivity contribution in [2.75, 3.05) is 24.7 Å². The van der Waals surface area contributed by atoms with E-state index in [4.69, 9.17) is 14.6 Å². The average Bonchev–Trinajstić information content (AvgIpc) is 3.41. The zero-order chi connectivity index (χ0) is 34.2. The van der Waals surface area contributed by atoms with E-state index in [1.165, 1.54) is 0 Å². The highest BCUT2D eigenvalue weighted by atomic mass is 16.5. The summed E-state index contributed by atoms with van der Waals surface area (Å²) in [5.74, 6) is -1.95. The maximum Gasteiger partial charge on any atom is 0.326 e. The Morgan fingerprint density at radius 1 is 1.02 bits per heavy atom. The summed E-state index contributed by atoms with van der Waals surface area (Å²) >= 11 is 0. The molecule has 1 unspecified atom stereocenters. The van der Waals surface area contributed by atoms with Gasteiger partial charge >= 0.3 is 11.9 Å². The molecular weight excluding hydrogens is 616 g/mol. The quantitative estimate of drug-likeness (QED) is 0.171. The van der Waals surface area contributed by atoms with E-state index in [2.05, 4.69) is 10.4 Å². The molecule has 0 radical (unpaired) electrons. The van der Waals surface area contributed by atoms with Crippen molar-refractivity contribution in [2.45, 2.75) is 52.1 Å². The standard InChI is InChI=1S/C36H38N4O8/c1-23-7-3-10-31(24(23)2)47-17-5-11-32(41)40-16-6-18-48-34-28(8-4-9-30(34)40)27-20-37-39(22-27)21-25-12-14-26(15-13-25)35(44)38-29(36(45)46)19-33(42)43/h3-4,7-10,12-15,20,22,29H,5-6,11,16-19,21H2,1-2H3,(H,38,44)(H,42,43)(H,45,46). The number of aliphatic carboxylic acids is 2. The first-order valence-corrected chi connectivity index (χ1v) is 15.7. The monoisotopic (exact) mass is 654 g/mol. The van der Waals surface area contributed by atoms with Crippen LogP contribution in [0.1, 0.15) is 52.7 Å². The summed E-state index contributed by atoms with van der Waals surface area (Å²) in [5.41, 5.74) is 5.66. The Bertz CT molecular complexity index is 1800. The van der Waals surface area contributed by atoms with Gasteiger partial charge in [-0.1, -0.05) is 36.4 Å².